The van der Waals surface area contributed by atoms with Crippen LogP contribution in [0.3, 0.4) is 0 Å². The Kier molecular flexibility index (Phi) is 3.66. The van der Waals surface area contributed by atoms with Crippen molar-refractivity contribution in [2.24, 2.45) is 17.3 Å². The molecule has 1 amide bonds. The molecule has 1 aromatic carbocycles. The van der Waals surface area contributed by atoms with Crippen LogP contribution in [0.2, 0.25) is 0 Å². The summed E-state index contributed by atoms with van der Waals surface area (Å²) in [6, 6.07) is 6.28. The second kappa shape index (κ2) is 5.72. The average molecular weight is 355 g/mol. The predicted octanol–water partition coefficient (Wildman–Crippen LogP) is 3.52. The second-order valence-corrected chi connectivity index (χ2v) is 9.48. The van der Waals surface area contributed by atoms with Crippen molar-refractivity contribution in [2.45, 2.75) is 69.9 Å². The van der Waals surface area contributed by atoms with Crippen LogP contribution in [0.5, 0.6) is 5.75 Å². The fourth-order valence-electron chi connectivity index (χ4n) is 6.56. The Hall–Kier alpha value is -1.55. The van der Waals surface area contributed by atoms with Crippen molar-refractivity contribution in [3.63, 3.8) is 0 Å². The van der Waals surface area contributed by atoms with Gasteiger partial charge in [-0.1, -0.05) is 12.1 Å². The van der Waals surface area contributed by atoms with E-state index in [1.807, 2.05) is 6.07 Å². The van der Waals surface area contributed by atoms with Gasteiger partial charge in [-0.05, 0) is 87.3 Å². The zero-order valence-corrected chi connectivity index (χ0v) is 15.6. The Labute approximate surface area is 155 Å². The fourth-order valence-corrected chi connectivity index (χ4v) is 6.56. The van der Waals surface area contributed by atoms with Crippen molar-refractivity contribution in [3.05, 3.63) is 29.3 Å². The van der Waals surface area contributed by atoms with Gasteiger partial charge in [0.15, 0.2) is 0 Å². The Bertz CT molecular complexity index is 729. The molecule has 4 bridgehead atoms. The van der Waals surface area contributed by atoms with E-state index < -0.39 is 5.60 Å². The van der Waals surface area contributed by atoms with E-state index in [2.05, 4.69) is 24.4 Å². The summed E-state index contributed by atoms with van der Waals surface area (Å²) in [5, 5.41) is 14.2. The molecule has 0 spiro atoms. The van der Waals surface area contributed by atoms with Crippen molar-refractivity contribution in [1.82, 2.24) is 5.32 Å². The first-order valence-corrected chi connectivity index (χ1v) is 10.2. The number of rotatable bonds is 3. The van der Waals surface area contributed by atoms with E-state index in [9.17, 15) is 9.90 Å². The molecule has 2 N–H and O–H groups in total. The van der Waals surface area contributed by atoms with E-state index in [0.29, 0.717) is 18.3 Å². The van der Waals surface area contributed by atoms with Gasteiger partial charge < -0.3 is 15.2 Å². The van der Waals surface area contributed by atoms with Gasteiger partial charge in [0.05, 0.1) is 23.7 Å². The van der Waals surface area contributed by atoms with Crippen LogP contribution in [0.1, 0.15) is 69.0 Å². The molecule has 4 saturated carbocycles. The molecule has 1 aromatic rings. The topological polar surface area (TPSA) is 58.6 Å². The summed E-state index contributed by atoms with van der Waals surface area (Å²) < 4.78 is 5.70. The summed E-state index contributed by atoms with van der Waals surface area (Å²) in [5.41, 5.74) is 1.46. The molecule has 5 aliphatic rings. The zero-order chi connectivity index (χ0) is 17.9. The van der Waals surface area contributed by atoms with Crippen molar-refractivity contribution in [1.29, 1.82) is 0 Å². The number of carbonyl (C=O) groups excluding carboxylic acids is 1. The van der Waals surface area contributed by atoms with E-state index >= 15 is 0 Å². The fraction of sp³-hybridized carbons (Fsp3) is 0.682. The first-order chi connectivity index (χ1) is 12.4. The van der Waals surface area contributed by atoms with Crippen LogP contribution in [-0.4, -0.2) is 23.2 Å². The molecule has 4 aliphatic carbocycles. The Balaban J connectivity index is 1.34. The van der Waals surface area contributed by atoms with Gasteiger partial charge in [-0.3, -0.25) is 4.79 Å². The molecule has 0 saturated heterocycles. The molecule has 3 unspecified atom stereocenters. The summed E-state index contributed by atoms with van der Waals surface area (Å²) >= 11 is 0. The molecule has 3 atom stereocenters. The number of benzene rings is 1. The largest absolute Gasteiger partial charge is 0.493 e. The Morgan fingerprint density at radius 2 is 2.04 bits per heavy atom. The minimum Gasteiger partial charge on any atom is -0.493 e. The van der Waals surface area contributed by atoms with Gasteiger partial charge >= 0.3 is 0 Å². The lowest BCUT2D eigenvalue weighted by Crippen LogP contribution is -2.60. The lowest BCUT2D eigenvalue weighted by atomic mass is 9.47. The van der Waals surface area contributed by atoms with Gasteiger partial charge in [-0.15, -0.1) is 0 Å². The van der Waals surface area contributed by atoms with Crippen LogP contribution >= 0.6 is 0 Å². The number of hydrogen-bond acceptors (Lipinski definition) is 3. The predicted molar refractivity (Wildman–Crippen MR) is 98.9 cm³/mol. The molecule has 4 fully saturated rings. The summed E-state index contributed by atoms with van der Waals surface area (Å²) in [6.45, 7) is 2.87. The van der Waals surface area contributed by atoms with Crippen molar-refractivity contribution >= 4 is 5.91 Å². The maximum absolute atomic E-state index is 13.3. The van der Waals surface area contributed by atoms with Crippen LogP contribution in [0.4, 0.5) is 0 Å². The van der Waals surface area contributed by atoms with Gasteiger partial charge in [0.1, 0.15) is 5.75 Å². The molecule has 140 valence electrons. The summed E-state index contributed by atoms with van der Waals surface area (Å²) in [4.78, 5) is 13.3. The molecule has 26 heavy (non-hydrogen) atoms. The number of ether oxygens (including phenoxy) is 1. The first kappa shape index (κ1) is 16.6. The van der Waals surface area contributed by atoms with E-state index in [0.717, 1.165) is 56.4 Å². The van der Waals surface area contributed by atoms with Gasteiger partial charge in [-0.25, -0.2) is 0 Å². The van der Waals surface area contributed by atoms with Crippen LogP contribution < -0.4 is 10.1 Å². The van der Waals surface area contributed by atoms with Crippen LogP contribution in [0, 0.1) is 17.3 Å². The van der Waals surface area contributed by atoms with Crippen LogP contribution in [0.25, 0.3) is 0 Å². The van der Waals surface area contributed by atoms with Crippen molar-refractivity contribution < 1.29 is 14.6 Å². The van der Waals surface area contributed by atoms with Gasteiger partial charge in [0.2, 0.25) is 5.91 Å². The number of hydrogen-bond donors (Lipinski definition) is 2. The third kappa shape index (κ3) is 2.65. The number of fused-ring (bicyclic) bond motifs is 1. The quantitative estimate of drug-likeness (QED) is 0.872. The summed E-state index contributed by atoms with van der Waals surface area (Å²) in [7, 11) is 0. The number of carbonyl (C=O) groups is 1. The number of aryl methyl sites for hydroxylation is 1. The second-order valence-electron chi connectivity index (χ2n) is 9.48. The van der Waals surface area contributed by atoms with E-state index in [1.54, 1.807) is 0 Å². The zero-order valence-electron chi connectivity index (χ0n) is 15.6. The van der Waals surface area contributed by atoms with Crippen LogP contribution in [-0.2, 0) is 11.2 Å². The highest BCUT2D eigenvalue weighted by atomic mass is 16.5. The lowest BCUT2D eigenvalue weighted by Gasteiger charge is -2.59. The molecule has 0 aromatic heterocycles. The highest BCUT2D eigenvalue weighted by molar-refractivity contribution is 5.83. The van der Waals surface area contributed by atoms with Crippen molar-refractivity contribution in [2.75, 3.05) is 6.61 Å². The molecule has 1 aliphatic heterocycles. The third-order valence-corrected chi connectivity index (χ3v) is 7.29. The minimum absolute atomic E-state index is 0.0163. The molecule has 0 radical (unpaired) electrons. The average Bonchev–Trinajstić information content (AvgIpc) is 2.59. The SMILES string of the molecule is CC(NC(=O)C12CC3CC(CC(O)(C3)C1)C2)c1ccc2c(c1)CCCO2. The van der Waals surface area contributed by atoms with E-state index in [4.69, 9.17) is 4.74 Å². The standard InChI is InChI=1S/C22H29NO3/c1-14(17-4-5-19-18(8-17)3-2-6-26-19)23-20(24)21-9-15-7-16(10-21)12-22(25,11-15)13-21/h4-5,8,14-16,25H,2-3,6-7,9-13H2,1H3,(H,23,24). The molecular formula is C22H29NO3. The van der Waals surface area contributed by atoms with Gasteiger partial charge in [-0.2, -0.15) is 0 Å². The maximum Gasteiger partial charge on any atom is 0.226 e. The summed E-state index contributed by atoms with van der Waals surface area (Å²) in [6.07, 6.45) is 7.69. The molecule has 4 heteroatoms. The smallest absolute Gasteiger partial charge is 0.226 e. The number of amides is 1. The third-order valence-electron chi connectivity index (χ3n) is 7.29. The molecule has 4 nitrogen and oxygen atoms in total. The first-order valence-electron chi connectivity index (χ1n) is 10.2. The normalized spacial score (nSPS) is 38.4. The lowest BCUT2D eigenvalue weighted by molar-refractivity contribution is -0.178. The molecular weight excluding hydrogens is 326 g/mol. The van der Waals surface area contributed by atoms with E-state index in [1.165, 1.54) is 12.0 Å². The number of nitrogens with one attached hydrogen (secondary N) is 1. The Morgan fingerprint density at radius 3 is 2.77 bits per heavy atom. The van der Waals surface area contributed by atoms with E-state index in [-0.39, 0.29) is 17.4 Å². The highest BCUT2D eigenvalue weighted by Crippen LogP contribution is 2.61. The van der Waals surface area contributed by atoms with Gasteiger partial charge in [0, 0.05) is 0 Å². The highest BCUT2D eigenvalue weighted by Gasteiger charge is 2.60. The molecule has 6 rings (SSSR count). The maximum atomic E-state index is 13.3. The van der Waals surface area contributed by atoms with Gasteiger partial charge in [0.25, 0.3) is 0 Å². The summed E-state index contributed by atoms with van der Waals surface area (Å²) in [5.74, 6) is 2.21. The molecule has 1 heterocycles. The van der Waals surface area contributed by atoms with Crippen LogP contribution in [0.15, 0.2) is 18.2 Å². The monoisotopic (exact) mass is 355 g/mol. The Morgan fingerprint density at radius 1 is 1.27 bits per heavy atom. The van der Waals surface area contributed by atoms with Crippen molar-refractivity contribution in [3.8, 4) is 5.75 Å². The number of aliphatic hydroxyl groups is 1. The minimum atomic E-state index is -0.589.